The van der Waals surface area contributed by atoms with Gasteiger partial charge in [-0.3, -0.25) is 14.6 Å². The molecule has 0 N–H and O–H groups in total. The summed E-state index contributed by atoms with van der Waals surface area (Å²) in [4.78, 5) is 26.9. The third-order valence-electron chi connectivity index (χ3n) is 4.18. The van der Waals surface area contributed by atoms with Crippen molar-refractivity contribution in [1.82, 2.24) is 4.98 Å². The van der Waals surface area contributed by atoms with Crippen molar-refractivity contribution in [2.75, 3.05) is 13.7 Å². The predicted octanol–water partition coefficient (Wildman–Crippen LogP) is 3.48. The van der Waals surface area contributed by atoms with Gasteiger partial charge in [-0.05, 0) is 49.9 Å². The van der Waals surface area contributed by atoms with Crippen molar-refractivity contribution in [2.45, 2.75) is 33.3 Å². The van der Waals surface area contributed by atoms with E-state index in [0.29, 0.717) is 42.0 Å². The van der Waals surface area contributed by atoms with Crippen LogP contribution in [0.25, 0.3) is 0 Å². The number of carbonyl (C=O) groups is 2. The molecule has 0 aliphatic carbocycles. The predicted molar refractivity (Wildman–Crippen MR) is 95.5 cm³/mol. The molecule has 0 saturated carbocycles. The Bertz CT molecular complexity index is 738. The van der Waals surface area contributed by atoms with Crippen molar-refractivity contribution in [2.24, 2.45) is 0 Å². The van der Waals surface area contributed by atoms with Gasteiger partial charge < -0.3 is 9.47 Å². The van der Waals surface area contributed by atoms with E-state index >= 15 is 0 Å². The second-order valence-electron chi connectivity index (χ2n) is 5.84. The summed E-state index contributed by atoms with van der Waals surface area (Å²) in [7, 11) is 1.64. The number of nitrogens with zero attached hydrogens (tertiary/aromatic N) is 1. The zero-order valence-corrected chi connectivity index (χ0v) is 14.9. The van der Waals surface area contributed by atoms with E-state index in [2.05, 4.69) is 4.98 Å². The summed E-state index contributed by atoms with van der Waals surface area (Å²) < 4.78 is 10.8. The molecule has 0 fully saturated rings. The summed E-state index contributed by atoms with van der Waals surface area (Å²) in [6.45, 7) is 4.67. The Morgan fingerprint density at radius 1 is 1.04 bits per heavy atom. The molecule has 0 amide bonds. The number of rotatable bonds is 9. The second kappa shape index (κ2) is 9.08. The van der Waals surface area contributed by atoms with Gasteiger partial charge in [0.1, 0.15) is 5.75 Å². The Balaban J connectivity index is 1.89. The highest BCUT2D eigenvalue weighted by Gasteiger charge is 2.13. The fourth-order valence-corrected chi connectivity index (χ4v) is 2.73. The van der Waals surface area contributed by atoms with Gasteiger partial charge in [0.05, 0.1) is 19.4 Å². The molecule has 0 aliphatic heterocycles. The molecule has 5 heteroatoms. The Kier molecular flexibility index (Phi) is 6.83. The van der Waals surface area contributed by atoms with Gasteiger partial charge in [0, 0.05) is 23.4 Å². The summed E-state index contributed by atoms with van der Waals surface area (Å²) in [5, 5.41) is 0. The van der Waals surface area contributed by atoms with Crippen LogP contribution in [-0.4, -0.2) is 31.3 Å². The van der Waals surface area contributed by atoms with Crippen LogP contribution in [0.1, 0.15) is 49.7 Å². The SMILES string of the molecule is COc1ccc(COCCCc2nc(C)c(C=O)c(C)c2C=O)cc1. The second-order valence-corrected chi connectivity index (χ2v) is 5.84. The molecule has 1 aromatic carbocycles. The fourth-order valence-electron chi connectivity index (χ4n) is 2.73. The highest BCUT2D eigenvalue weighted by molar-refractivity contribution is 5.87. The minimum atomic E-state index is 0.501. The smallest absolute Gasteiger partial charge is 0.152 e. The number of carbonyl (C=O) groups excluding carboxylic acids is 2. The molecule has 0 aliphatic rings. The lowest BCUT2D eigenvalue weighted by molar-refractivity contribution is 0.111. The summed E-state index contributed by atoms with van der Waals surface area (Å²) in [5.74, 6) is 0.820. The summed E-state index contributed by atoms with van der Waals surface area (Å²) in [6, 6.07) is 7.74. The van der Waals surface area contributed by atoms with E-state index in [-0.39, 0.29) is 0 Å². The molecular formula is C20H23NO4. The number of ether oxygens (including phenoxy) is 2. The van der Waals surface area contributed by atoms with Gasteiger partial charge in [0.25, 0.3) is 0 Å². The first-order chi connectivity index (χ1) is 12.1. The molecule has 2 rings (SSSR count). The monoisotopic (exact) mass is 341 g/mol. The van der Waals surface area contributed by atoms with Gasteiger partial charge in [-0.15, -0.1) is 0 Å². The largest absolute Gasteiger partial charge is 0.497 e. The maximum absolute atomic E-state index is 11.4. The first-order valence-electron chi connectivity index (χ1n) is 8.21. The normalized spacial score (nSPS) is 10.5. The maximum atomic E-state index is 11.4. The molecule has 5 nitrogen and oxygen atoms in total. The molecular weight excluding hydrogens is 318 g/mol. The van der Waals surface area contributed by atoms with E-state index < -0.39 is 0 Å². The molecule has 2 aromatic rings. The fraction of sp³-hybridized carbons (Fsp3) is 0.350. The molecule has 0 atom stereocenters. The third kappa shape index (κ3) is 4.73. The first kappa shape index (κ1) is 18.8. The van der Waals surface area contributed by atoms with Crippen LogP contribution in [-0.2, 0) is 17.8 Å². The van der Waals surface area contributed by atoms with Gasteiger partial charge in [-0.25, -0.2) is 0 Å². The van der Waals surface area contributed by atoms with E-state index in [1.54, 1.807) is 21.0 Å². The number of aldehydes is 2. The van der Waals surface area contributed by atoms with E-state index in [9.17, 15) is 9.59 Å². The van der Waals surface area contributed by atoms with E-state index in [4.69, 9.17) is 9.47 Å². The number of pyridine rings is 1. The lowest BCUT2D eigenvalue weighted by Crippen LogP contribution is -2.08. The molecule has 25 heavy (non-hydrogen) atoms. The van der Waals surface area contributed by atoms with Crippen molar-refractivity contribution in [3.8, 4) is 5.75 Å². The lowest BCUT2D eigenvalue weighted by Gasteiger charge is -2.12. The number of hydrogen-bond acceptors (Lipinski definition) is 5. The first-order valence-corrected chi connectivity index (χ1v) is 8.21. The zero-order valence-electron chi connectivity index (χ0n) is 14.9. The van der Waals surface area contributed by atoms with E-state index in [1.165, 1.54) is 0 Å². The van der Waals surface area contributed by atoms with E-state index in [1.807, 2.05) is 24.3 Å². The van der Waals surface area contributed by atoms with Gasteiger partial charge in [0.15, 0.2) is 12.6 Å². The lowest BCUT2D eigenvalue weighted by atomic mass is 9.99. The quantitative estimate of drug-likeness (QED) is 0.516. The molecule has 0 radical (unpaired) electrons. The summed E-state index contributed by atoms with van der Waals surface area (Å²) in [5.41, 5.74) is 4.18. The van der Waals surface area contributed by atoms with Gasteiger partial charge in [0.2, 0.25) is 0 Å². The van der Waals surface area contributed by atoms with Crippen molar-refractivity contribution in [3.63, 3.8) is 0 Å². The van der Waals surface area contributed by atoms with Gasteiger partial charge in [-0.2, -0.15) is 0 Å². The molecule has 0 spiro atoms. The maximum Gasteiger partial charge on any atom is 0.152 e. The third-order valence-corrected chi connectivity index (χ3v) is 4.18. The average molecular weight is 341 g/mol. The van der Waals surface area contributed by atoms with Crippen molar-refractivity contribution >= 4 is 12.6 Å². The summed E-state index contributed by atoms with van der Waals surface area (Å²) in [6.07, 6.45) is 2.93. The Morgan fingerprint density at radius 2 is 1.72 bits per heavy atom. The standard InChI is InChI=1S/C20H23NO4/c1-14-18(11-22)15(2)21-20(19(14)12-23)5-4-10-25-13-16-6-8-17(24-3)9-7-16/h6-9,11-12H,4-5,10,13H2,1-3H3. The van der Waals surface area contributed by atoms with Crippen molar-refractivity contribution in [1.29, 1.82) is 0 Å². The van der Waals surface area contributed by atoms with Gasteiger partial charge >= 0.3 is 0 Å². The van der Waals surface area contributed by atoms with Crippen LogP contribution in [0.4, 0.5) is 0 Å². The highest BCUT2D eigenvalue weighted by Crippen LogP contribution is 2.18. The van der Waals surface area contributed by atoms with Crippen LogP contribution in [0.2, 0.25) is 0 Å². The van der Waals surface area contributed by atoms with Crippen LogP contribution >= 0.6 is 0 Å². The molecule has 1 heterocycles. The van der Waals surface area contributed by atoms with Crippen LogP contribution < -0.4 is 4.74 Å². The van der Waals surface area contributed by atoms with Crippen LogP contribution in [0.5, 0.6) is 5.75 Å². The Labute approximate surface area is 148 Å². The molecule has 132 valence electrons. The average Bonchev–Trinajstić information content (AvgIpc) is 2.62. The summed E-state index contributed by atoms with van der Waals surface area (Å²) >= 11 is 0. The topological polar surface area (TPSA) is 65.5 Å². The highest BCUT2D eigenvalue weighted by atomic mass is 16.5. The van der Waals surface area contributed by atoms with Crippen LogP contribution in [0.15, 0.2) is 24.3 Å². The Morgan fingerprint density at radius 3 is 2.32 bits per heavy atom. The molecule has 0 saturated heterocycles. The van der Waals surface area contributed by atoms with Crippen molar-refractivity contribution in [3.05, 3.63) is 57.9 Å². The van der Waals surface area contributed by atoms with Crippen molar-refractivity contribution < 1.29 is 19.1 Å². The number of aryl methyl sites for hydroxylation is 2. The number of benzene rings is 1. The van der Waals surface area contributed by atoms with Gasteiger partial charge in [-0.1, -0.05) is 12.1 Å². The number of hydrogen-bond donors (Lipinski definition) is 0. The molecule has 0 unspecified atom stereocenters. The molecule has 1 aromatic heterocycles. The Hall–Kier alpha value is -2.53. The molecule has 0 bridgehead atoms. The minimum Gasteiger partial charge on any atom is -0.497 e. The number of methoxy groups -OCH3 is 1. The van der Waals surface area contributed by atoms with Crippen LogP contribution in [0, 0.1) is 13.8 Å². The zero-order chi connectivity index (χ0) is 18.2. The van der Waals surface area contributed by atoms with Crippen LogP contribution in [0.3, 0.4) is 0 Å². The number of aromatic nitrogens is 1. The van der Waals surface area contributed by atoms with E-state index in [0.717, 1.165) is 36.0 Å². The minimum absolute atomic E-state index is 0.501.